The van der Waals surface area contributed by atoms with E-state index in [4.69, 9.17) is 11.2 Å². The lowest BCUT2D eigenvalue weighted by Gasteiger charge is -2.18. The summed E-state index contributed by atoms with van der Waals surface area (Å²) >= 11 is 3.37. The number of esters is 1. The van der Waals surface area contributed by atoms with Crippen LogP contribution in [0.5, 0.6) is 0 Å². The van der Waals surface area contributed by atoms with Crippen LogP contribution < -0.4 is 0 Å². The second-order valence-electron chi connectivity index (χ2n) is 7.93. The summed E-state index contributed by atoms with van der Waals surface area (Å²) in [7, 11) is 2.12. The molecule has 0 fully saturated rings. The minimum Gasteiger partial charge on any atom is -0.457 e. The average Bonchev–Trinajstić information content (AvgIpc) is 2.71. The molecule has 0 heterocycles. The van der Waals surface area contributed by atoms with Gasteiger partial charge in [0.1, 0.15) is 6.61 Å². The van der Waals surface area contributed by atoms with Crippen LogP contribution in [0.2, 0.25) is 0 Å². The molecule has 3 rings (SSSR count). The summed E-state index contributed by atoms with van der Waals surface area (Å²) in [6.07, 6.45) is 5.43. The summed E-state index contributed by atoms with van der Waals surface area (Å²) in [4.78, 5) is 14.6. The van der Waals surface area contributed by atoms with Crippen molar-refractivity contribution in [2.45, 2.75) is 33.5 Å². The van der Waals surface area contributed by atoms with E-state index in [9.17, 15) is 4.79 Å². The van der Waals surface area contributed by atoms with Gasteiger partial charge in [-0.25, -0.2) is 4.79 Å². The Bertz CT molecular complexity index is 1090. The number of nitrogens with zero attached hydrogens (tertiary/aromatic N) is 1. The predicted molar refractivity (Wildman–Crippen MR) is 129 cm³/mol. The van der Waals surface area contributed by atoms with Crippen molar-refractivity contribution in [2.75, 3.05) is 7.05 Å². The molecular weight excluding hydrogens is 450 g/mol. The molecule has 0 aliphatic carbocycles. The van der Waals surface area contributed by atoms with Gasteiger partial charge in [0, 0.05) is 23.1 Å². The van der Waals surface area contributed by atoms with Crippen molar-refractivity contribution in [3.8, 4) is 12.3 Å². The molecule has 0 bridgehead atoms. The van der Waals surface area contributed by atoms with Crippen LogP contribution in [0, 0.1) is 26.2 Å². The Hall–Kier alpha value is -2.87. The van der Waals surface area contributed by atoms with Crippen LogP contribution in [0.25, 0.3) is 0 Å². The highest BCUT2D eigenvalue weighted by Gasteiger charge is 2.10. The quantitative estimate of drug-likeness (QED) is 0.308. The molecule has 4 heteroatoms. The summed E-state index contributed by atoms with van der Waals surface area (Å²) in [5, 5.41) is 0. The molecule has 0 spiro atoms. The SMILES string of the molecule is C#Cc1cc(Br)cc(C(=O)OCc2ccc(CN(C)Cc3cc(C)cc(C)c3)cc2)c1. The number of carbonyl (C=O) groups excluding carboxylic acids is 1. The molecule has 0 aromatic heterocycles. The average molecular weight is 476 g/mol. The van der Waals surface area contributed by atoms with Gasteiger partial charge in [0.05, 0.1) is 5.56 Å². The molecule has 0 saturated heterocycles. The smallest absolute Gasteiger partial charge is 0.338 e. The van der Waals surface area contributed by atoms with E-state index in [2.05, 4.69) is 78.0 Å². The number of carbonyl (C=O) groups is 1. The fourth-order valence-corrected chi connectivity index (χ4v) is 4.10. The van der Waals surface area contributed by atoms with Crippen LogP contribution in [0.3, 0.4) is 0 Å². The maximum absolute atomic E-state index is 12.4. The first-order valence-electron chi connectivity index (χ1n) is 10.1. The highest BCUT2D eigenvalue weighted by Crippen LogP contribution is 2.17. The molecule has 0 unspecified atom stereocenters. The Morgan fingerprint density at radius 2 is 1.55 bits per heavy atom. The van der Waals surface area contributed by atoms with Crippen molar-refractivity contribution in [2.24, 2.45) is 0 Å². The summed E-state index contributed by atoms with van der Waals surface area (Å²) in [6.45, 7) is 6.23. The number of hydrogen-bond acceptors (Lipinski definition) is 3. The van der Waals surface area contributed by atoms with E-state index in [0.717, 1.165) is 23.1 Å². The Kier molecular flexibility index (Phi) is 7.68. The molecule has 0 radical (unpaired) electrons. The molecule has 3 aromatic rings. The van der Waals surface area contributed by atoms with Crippen molar-refractivity contribution < 1.29 is 9.53 Å². The highest BCUT2D eigenvalue weighted by atomic mass is 79.9. The van der Waals surface area contributed by atoms with Gasteiger partial charge in [-0.2, -0.15) is 0 Å². The molecule has 0 amide bonds. The Labute approximate surface area is 193 Å². The van der Waals surface area contributed by atoms with E-state index in [0.29, 0.717) is 11.1 Å². The third-order valence-corrected chi connectivity index (χ3v) is 5.34. The lowest BCUT2D eigenvalue weighted by molar-refractivity contribution is 0.0472. The van der Waals surface area contributed by atoms with Crippen molar-refractivity contribution in [3.63, 3.8) is 0 Å². The van der Waals surface area contributed by atoms with Gasteiger partial charge in [0.15, 0.2) is 0 Å². The zero-order valence-corrected chi connectivity index (χ0v) is 19.7. The molecule has 0 atom stereocenters. The zero-order chi connectivity index (χ0) is 22.4. The normalized spacial score (nSPS) is 10.7. The summed E-state index contributed by atoms with van der Waals surface area (Å²) < 4.78 is 6.21. The second-order valence-corrected chi connectivity index (χ2v) is 8.85. The number of terminal acetylenes is 1. The maximum atomic E-state index is 12.4. The van der Waals surface area contributed by atoms with Crippen molar-refractivity contribution >= 4 is 21.9 Å². The van der Waals surface area contributed by atoms with Gasteiger partial charge in [-0.1, -0.05) is 75.4 Å². The topological polar surface area (TPSA) is 29.5 Å². The van der Waals surface area contributed by atoms with Gasteiger partial charge in [-0.3, -0.25) is 4.90 Å². The number of aryl methyl sites for hydroxylation is 2. The Morgan fingerprint density at radius 1 is 0.935 bits per heavy atom. The number of hydrogen-bond donors (Lipinski definition) is 0. The van der Waals surface area contributed by atoms with Crippen LogP contribution in [0.4, 0.5) is 0 Å². The van der Waals surface area contributed by atoms with Crippen LogP contribution in [-0.2, 0) is 24.4 Å². The number of ether oxygens (including phenoxy) is 1. The largest absolute Gasteiger partial charge is 0.457 e. The van der Waals surface area contributed by atoms with Crippen molar-refractivity contribution in [1.29, 1.82) is 0 Å². The summed E-state index contributed by atoms with van der Waals surface area (Å²) in [5.41, 5.74) is 7.14. The van der Waals surface area contributed by atoms with E-state index in [-0.39, 0.29) is 6.61 Å². The van der Waals surface area contributed by atoms with Crippen LogP contribution in [-0.4, -0.2) is 17.9 Å². The Morgan fingerprint density at radius 3 is 2.19 bits per heavy atom. The maximum Gasteiger partial charge on any atom is 0.338 e. The molecule has 0 N–H and O–H groups in total. The lowest BCUT2D eigenvalue weighted by atomic mass is 10.1. The van der Waals surface area contributed by atoms with Crippen molar-refractivity contribution in [3.05, 3.63) is 104 Å². The highest BCUT2D eigenvalue weighted by molar-refractivity contribution is 9.10. The van der Waals surface area contributed by atoms with Gasteiger partial charge in [0.25, 0.3) is 0 Å². The predicted octanol–water partition coefficient (Wildman–Crippen LogP) is 6.04. The van der Waals surface area contributed by atoms with Crippen LogP contribution >= 0.6 is 15.9 Å². The number of halogens is 1. The van der Waals surface area contributed by atoms with Crippen LogP contribution in [0.1, 0.15) is 43.7 Å². The van der Waals surface area contributed by atoms with E-state index in [1.807, 2.05) is 12.1 Å². The number of benzene rings is 3. The minimum absolute atomic E-state index is 0.218. The van der Waals surface area contributed by atoms with E-state index in [1.165, 1.54) is 22.3 Å². The van der Waals surface area contributed by atoms with Gasteiger partial charge in [-0.05, 0) is 55.8 Å². The monoisotopic (exact) mass is 475 g/mol. The fourth-order valence-electron chi connectivity index (χ4n) is 3.60. The van der Waals surface area contributed by atoms with Gasteiger partial charge in [-0.15, -0.1) is 6.42 Å². The molecular formula is C27H26BrNO2. The van der Waals surface area contributed by atoms with E-state index in [1.54, 1.807) is 18.2 Å². The first-order valence-corrected chi connectivity index (χ1v) is 10.9. The van der Waals surface area contributed by atoms with Crippen LogP contribution in [0.15, 0.2) is 65.1 Å². The lowest BCUT2D eigenvalue weighted by Crippen LogP contribution is -2.17. The number of rotatable bonds is 7. The first-order chi connectivity index (χ1) is 14.8. The third-order valence-electron chi connectivity index (χ3n) is 4.88. The van der Waals surface area contributed by atoms with Gasteiger partial charge in [0.2, 0.25) is 0 Å². The van der Waals surface area contributed by atoms with Gasteiger partial charge >= 0.3 is 5.97 Å². The molecule has 158 valence electrons. The molecule has 0 saturated carbocycles. The molecule has 3 aromatic carbocycles. The third kappa shape index (κ3) is 6.82. The van der Waals surface area contributed by atoms with E-state index >= 15 is 0 Å². The zero-order valence-electron chi connectivity index (χ0n) is 18.1. The molecule has 31 heavy (non-hydrogen) atoms. The molecule has 3 nitrogen and oxygen atoms in total. The second kappa shape index (κ2) is 10.4. The molecule has 0 aliphatic heterocycles. The standard InChI is InChI=1S/C27H26BrNO2/c1-5-21-13-25(15-26(28)14-21)27(30)31-18-23-8-6-22(7-9-23)16-29(4)17-24-11-19(2)10-20(3)12-24/h1,6-15H,16-18H2,2-4H3. The minimum atomic E-state index is -0.393. The molecule has 0 aliphatic rings. The Balaban J connectivity index is 1.54. The van der Waals surface area contributed by atoms with Gasteiger partial charge < -0.3 is 4.74 Å². The fraction of sp³-hybridized carbons (Fsp3) is 0.222. The first kappa shape index (κ1) is 22.8. The summed E-state index contributed by atoms with van der Waals surface area (Å²) in [5.74, 6) is 2.14. The summed E-state index contributed by atoms with van der Waals surface area (Å²) in [6, 6.07) is 20.0. The van der Waals surface area contributed by atoms with Crippen molar-refractivity contribution in [1.82, 2.24) is 4.90 Å². The van der Waals surface area contributed by atoms with E-state index < -0.39 is 5.97 Å².